The van der Waals surface area contributed by atoms with Crippen LogP contribution in [-0.4, -0.2) is 36.0 Å². The van der Waals surface area contributed by atoms with E-state index in [-0.39, 0.29) is 0 Å². The van der Waals surface area contributed by atoms with Gasteiger partial charge in [-0.25, -0.2) is 0 Å². The Kier molecular flexibility index (Phi) is 5.04. The lowest BCUT2D eigenvalue weighted by molar-refractivity contribution is 0.362. The van der Waals surface area contributed by atoms with Gasteiger partial charge >= 0.3 is 0 Å². The molecule has 1 fully saturated rings. The van der Waals surface area contributed by atoms with Crippen LogP contribution in [0.4, 0.5) is 0 Å². The van der Waals surface area contributed by atoms with E-state index in [9.17, 15) is 0 Å². The Hall–Kier alpha value is 0.310. The first-order chi connectivity index (χ1) is 5.43. The molecule has 0 aromatic rings. The zero-order valence-corrected chi connectivity index (χ0v) is 8.33. The van der Waals surface area contributed by atoms with E-state index in [0.717, 1.165) is 0 Å². The van der Waals surface area contributed by atoms with Crippen LogP contribution in [0.3, 0.4) is 0 Å². The summed E-state index contributed by atoms with van der Waals surface area (Å²) in [6.45, 7) is 6.28. The topological polar surface area (TPSA) is 3.24 Å². The van der Waals surface area contributed by atoms with E-state index in [1.54, 1.807) is 0 Å². The van der Waals surface area contributed by atoms with Crippen LogP contribution in [0.25, 0.3) is 0 Å². The molecule has 0 unspecified atom stereocenters. The molecule has 1 heterocycles. The molecule has 0 N–H and O–H groups in total. The summed E-state index contributed by atoms with van der Waals surface area (Å²) in [5.41, 5.74) is 0. The minimum Gasteiger partial charge on any atom is -0.303 e. The fourth-order valence-corrected chi connectivity index (χ4v) is 2.33. The largest absolute Gasteiger partial charge is 0.303 e. The molecular weight excluding hydrogens is 154 g/mol. The lowest BCUT2D eigenvalue weighted by Gasteiger charge is -2.13. The van der Waals surface area contributed by atoms with E-state index in [1.807, 2.05) is 0 Å². The van der Waals surface area contributed by atoms with Gasteiger partial charge in [0.1, 0.15) is 0 Å². The van der Waals surface area contributed by atoms with E-state index < -0.39 is 0 Å². The minimum absolute atomic E-state index is 1.32. The average molecular weight is 173 g/mol. The second kappa shape index (κ2) is 5.90. The van der Waals surface area contributed by atoms with Crippen LogP contribution in [0.5, 0.6) is 0 Å². The van der Waals surface area contributed by atoms with E-state index in [0.29, 0.717) is 0 Å². The maximum Gasteiger partial charge on any atom is 0.00723 e. The SMILES string of the molecule is CCCSCCN1CCCC1. The summed E-state index contributed by atoms with van der Waals surface area (Å²) in [6.07, 6.45) is 4.18. The molecule has 66 valence electrons. The first-order valence-corrected chi connectivity index (χ1v) is 5.89. The quantitative estimate of drug-likeness (QED) is 0.587. The molecule has 2 heteroatoms. The third-order valence-corrected chi connectivity index (χ3v) is 3.27. The minimum atomic E-state index is 1.32. The summed E-state index contributed by atoms with van der Waals surface area (Å²) in [5, 5.41) is 0. The average Bonchev–Trinajstić information content (AvgIpc) is 2.50. The molecule has 1 nitrogen and oxygen atoms in total. The number of hydrogen-bond acceptors (Lipinski definition) is 2. The van der Waals surface area contributed by atoms with Crippen molar-refractivity contribution < 1.29 is 0 Å². The molecule has 0 spiro atoms. The monoisotopic (exact) mass is 173 g/mol. The Balaban J connectivity index is 1.86. The zero-order chi connectivity index (χ0) is 7.94. The highest BCUT2D eigenvalue weighted by Gasteiger charge is 2.09. The van der Waals surface area contributed by atoms with E-state index in [4.69, 9.17) is 0 Å². The van der Waals surface area contributed by atoms with Crippen molar-refractivity contribution in [1.82, 2.24) is 4.90 Å². The third kappa shape index (κ3) is 4.02. The Morgan fingerprint density at radius 3 is 2.55 bits per heavy atom. The number of hydrogen-bond donors (Lipinski definition) is 0. The molecule has 0 amide bonds. The molecule has 0 aliphatic carbocycles. The number of nitrogens with zero attached hydrogens (tertiary/aromatic N) is 1. The smallest absolute Gasteiger partial charge is 0.00723 e. The summed E-state index contributed by atoms with van der Waals surface area (Å²) in [5.74, 6) is 2.68. The molecule has 1 aliphatic rings. The number of likely N-dealkylation sites (tertiary alicyclic amines) is 1. The number of rotatable bonds is 5. The highest BCUT2D eigenvalue weighted by molar-refractivity contribution is 7.99. The van der Waals surface area contributed by atoms with Crippen LogP contribution in [0.1, 0.15) is 26.2 Å². The summed E-state index contributed by atoms with van der Waals surface area (Å²) in [6, 6.07) is 0. The molecule has 1 rings (SSSR count). The molecule has 0 bridgehead atoms. The van der Waals surface area contributed by atoms with Gasteiger partial charge in [-0.05, 0) is 38.1 Å². The van der Waals surface area contributed by atoms with E-state index in [1.165, 1.54) is 50.4 Å². The zero-order valence-electron chi connectivity index (χ0n) is 7.51. The van der Waals surface area contributed by atoms with Gasteiger partial charge in [-0.2, -0.15) is 11.8 Å². The summed E-state index contributed by atoms with van der Waals surface area (Å²) in [4.78, 5) is 2.59. The fourth-order valence-electron chi connectivity index (χ4n) is 1.45. The number of thioether (sulfide) groups is 1. The third-order valence-electron chi connectivity index (χ3n) is 2.10. The predicted octanol–water partition coefficient (Wildman–Crippen LogP) is 2.23. The lowest BCUT2D eigenvalue weighted by atomic mass is 10.4. The molecule has 1 saturated heterocycles. The standard InChI is InChI=1S/C9H19NS/c1-2-8-11-9-7-10-5-3-4-6-10/h2-9H2,1H3. The van der Waals surface area contributed by atoms with Gasteiger partial charge in [0.15, 0.2) is 0 Å². The predicted molar refractivity (Wildman–Crippen MR) is 53.3 cm³/mol. The molecule has 1 aliphatic heterocycles. The van der Waals surface area contributed by atoms with Crippen molar-refractivity contribution >= 4 is 11.8 Å². The maximum atomic E-state index is 2.59. The molecule has 11 heavy (non-hydrogen) atoms. The van der Waals surface area contributed by atoms with Crippen molar-refractivity contribution in [3.63, 3.8) is 0 Å². The highest BCUT2D eigenvalue weighted by atomic mass is 32.2. The van der Waals surface area contributed by atoms with Crippen molar-refractivity contribution in [3.8, 4) is 0 Å². The van der Waals surface area contributed by atoms with Gasteiger partial charge in [0, 0.05) is 12.3 Å². The van der Waals surface area contributed by atoms with Crippen molar-refractivity contribution in [1.29, 1.82) is 0 Å². The lowest BCUT2D eigenvalue weighted by Crippen LogP contribution is -2.21. The molecule has 0 aromatic carbocycles. The maximum absolute atomic E-state index is 2.59. The van der Waals surface area contributed by atoms with Crippen LogP contribution in [-0.2, 0) is 0 Å². The van der Waals surface area contributed by atoms with Crippen LogP contribution >= 0.6 is 11.8 Å². The first kappa shape index (κ1) is 9.40. The second-order valence-corrected chi connectivity index (χ2v) is 4.39. The van der Waals surface area contributed by atoms with Gasteiger partial charge in [-0.1, -0.05) is 6.92 Å². The summed E-state index contributed by atoms with van der Waals surface area (Å²) in [7, 11) is 0. The second-order valence-electron chi connectivity index (χ2n) is 3.16. The van der Waals surface area contributed by atoms with Crippen molar-refractivity contribution in [2.24, 2.45) is 0 Å². The van der Waals surface area contributed by atoms with E-state index >= 15 is 0 Å². The van der Waals surface area contributed by atoms with Gasteiger partial charge in [-0.15, -0.1) is 0 Å². The molecule has 0 aromatic heterocycles. The van der Waals surface area contributed by atoms with Crippen molar-refractivity contribution in [3.05, 3.63) is 0 Å². The van der Waals surface area contributed by atoms with Crippen molar-refractivity contribution in [2.45, 2.75) is 26.2 Å². The van der Waals surface area contributed by atoms with Gasteiger partial charge in [0.2, 0.25) is 0 Å². The first-order valence-electron chi connectivity index (χ1n) is 4.73. The Morgan fingerprint density at radius 2 is 1.91 bits per heavy atom. The Labute approximate surface area is 74.5 Å². The fraction of sp³-hybridized carbons (Fsp3) is 1.00. The van der Waals surface area contributed by atoms with Crippen LogP contribution in [0.2, 0.25) is 0 Å². The van der Waals surface area contributed by atoms with Gasteiger partial charge in [0.25, 0.3) is 0 Å². The Bertz CT molecular complexity index is 89.6. The molecular formula is C9H19NS. The normalized spacial score (nSPS) is 19.4. The summed E-state index contributed by atoms with van der Waals surface area (Å²) < 4.78 is 0. The molecule has 0 saturated carbocycles. The Morgan fingerprint density at radius 1 is 1.18 bits per heavy atom. The van der Waals surface area contributed by atoms with Crippen molar-refractivity contribution in [2.75, 3.05) is 31.1 Å². The van der Waals surface area contributed by atoms with E-state index in [2.05, 4.69) is 23.6 Å². The van der Waals surface area contributed by atoms with Gasteiger partial charge in [-0.3, -0.25) is 0 Å². The summed E-state index contributed by atoms with van der Waals surface area (Å²) >= 11 is 2.10. The van der Waals surface area contributed by atoms with Crippen LogP contribution < -0.4 is 0 Å². The van der Waals surface area contributed by atoms with Gasteiger partial charge < -0.3 is 4.90 Å². The molecule has 0 radical (unpaired) electrons. The highest BCUT2D eigenvalue weighted by Crippen LogP contribution is 2.09. The van der Waals surface area contributed by atoms with Crippen LogP contribution in [0, 0.1) is 0 Å². The van der Waals surface area contributed by atoms with Crippen LogP contribution in [0.15, 0.2) is 0 Å². The van der Waals surface area contributed by atoms with Gasteiger partial charge in [0.05, 0.1) is 0 Å². The molecule has 0 atom stereocenters.